The minimum absolute atomic E-state index is 0.957. The number of nitrogens with one attached hydrogen (secondary N) is 1. The van der Waals surface area contributed by atoms with Crippen LogP contribution in [0.2, 0.25) is 0 Å². The maximum Gasteiger partial charge on any atom is -0.00200 e. The lowest BCUT2D eigenvalue weighted by molar-refractivity contribution is 0.510. The van der Waals surface area contributed by atoms with Gasteiger partial charge in [0, 0.05) is 0 Å². The van der Waals surface area contributed by atoms with Crippen LogP contribution in [0.1, 0.15) is 24.8 Å². The van der Waals surface area contributed by atoms with Crippen LogP contribution < -0.4 is 5.32 Å². The maximum atomic E-state index is 3.42. The second kappa shape index (κ2) is 4.77. The minimum atomic E-state index is 0.957. The van der Waals surface area contributed by atoms with E-state index in [2.05, 4.69) is 22.1 Å². The van der Waals surface area contributed by atoms with E-state index in [0.29, 0.717) is 0 Å². The molecule has 13 heavy (non-hydrogen) atoms. The molecule has 1 fully saturated rings. The number of rotatable bonds is 4. The predicted octanol–water partition coefficient (Wildman–Crippen LogP) is 2.68. The molecule has 1 nitrogen and oxygen atoms in total. The average molecular weight is 195 g/mol. The van der Waals surface area contributed by atoms with E-state index in [9.17, 15) is 0 Å². The summed E-state index contributed by atoms with van der Waals surface area (Å²) in [5, 5.41) is 7.86. The van der Waals surface area contributed by atoms with Gasteiger partial charge in [0.15, 0.2) is 0 Å². The first-order valence-corrected chi connectivity index (χ1v) is 6.11. The molecule has 2 heterocycles. The van der Waals surface area contributed by atoms with Gasteiger partial charge >= 0.3 is 0 Å². The van der Waals surface area contributed by atoms with Crippen LogP contribution in [0.25, 0.3) is 0 Å². The van der Waals surface area contributed by atoms with Gasteiger partial charge in [0.2, 0.25) is 0 Å². The van der Waals surface area contributed by atoms with Gasteiger partial charge < -0.3 is 5.32 Å². The molecule has 1 saturated heterocycles. The van der Waals surface area contributed by atoms with Crippen molar-refractivity contribution in [2.75, 3.05) is 13.1 Å². The summed E-state index contributed by atoms with van der Waals surface area (Å²) in [6, 6.07) is 2.25. The van der Waals surface area contributed by atoms with E-state index >= 15 is 0 Å². The van der Waals surface area contributed by atoms with Crippen molar-refractivity contribution >= 4 is 11.3 Å². The summed E-state index contributed by atoms with van der Waals surface area (Å²) in [4.78, 5) is 0. The molecule has 2 rings (SSSR count). The van der Waals surface area contributed by atoms with Gasteiger partial charge in [-0.05, 0) is 67.1 Å². The molecule has 0 aliphatic carbocycles. The molecule has 1 aliphatic heterocycles. The zero-order valence-electron chi connectivity index (χ0n) is 7.96. The Balaban J connectivity index is 1.63. The summed E-state index contributed by atoms with van der Waals surface area (Å²) in [5.41, 5.74) is 1.52. The van der Waals surface area contributed by atoms with Crippen molar-refractivity contribution in [2.24, 2.45) is 5.92 Å². The lowest BCUT2D eigenvalue weighted by Crippen LogP contribution is -2.08. The predicted molar refractivity (Wildman–Crippen MR) is 58.2 cm³/mol. The van der Waals surface area contributed by atoms with E-state index in [1.165, 1.54) is 44.3 Å². The number of aryl methyl sites for hydroxylation is 1. The number of thiophene rings is 1. The van der Waals surface area contributed by atoms with Crippen molar-refractivity contribution in [1.82, 2.24) is 5.32 Å². The Hall–Kier alpha value is -0.340. The SMILES string of the molecule is c1cc(CCCC2CCNC2)cs1. The standard InChI is InChI=1S/C11H17NS/c1(2-10-4-6-12-8-10)3-11-5-7-13-9-11/h5,7,9-10,12H,1-4,6,8H2. The van der Waals surface area contributed by atoms with Crippen molar-refractivity contribution in [2.45, 2.75) is 25.7 Å². The molecule has 1 atom stereocenters. The molecule has 1 aliphatic rings. The number of hydrogen-bond donors (Lipinski definition) is 1. The first-order valence-electron chi connectivity index (χ1n) is 5.17. The zero-order valence-corrected chi connectivity index (χ0v) is 8.78. The van der Waals surface area contributed by atoms with Gasteiger partial charge in [-0.1, -0.05) is 0 Å². The van der Waals surface area contributed by atoms with E-state index in [0.717, 1.165) is 5.92 Å². The van der Waals surface area contributed by atoms with Crippen LogP contribution in [0.15, 0.2) is 16.8 Å². The quantitative estimate of drug-likeness (QED) is 0.779. The second-order valence-electron chi connectivity index (χ2n) is 3.88. The molecule has 0 spiro atoms. The summed E-state index contributed by atoms with van der Waals surface area (Å²) in [6.07, 6.45) is 5.44. The normalized spacial score (nSPS) is 22.3. The van der Waals surface area contributed by atoms with Crippen molar-refractivity contribution in [3.05, 3.63) is 22.4 Å². The smallest absolute Gasteiger partial charge is 0.00200 e. The third-order valence-electron chi connectivity index (χ3n) is 2.82. The molecule has 72 valence electrons. The third-order valence-corrected chi connectivity index (χ3v) is 3.55. The monoisotopic (exact) mass is 195 g/mol. The van der Waals surface area contributed by atoms with E-state index in [1.54, 1.807) is 0 Å². The Kier molecular flexibility index (Phi) is 3.39. The molecule has 1 unspecified atom stereocenters. The van der Waals surface area contributed by atoms with Crippen LogP contribution >= 0.6 is 11.3 Å². The van der Waals surface area contributed by atoms with Gasteiger partial charge in [0.25, 0.3) is 0 Å². The molecule has 0 saturated carbocycles. The van der Waals surface area contributed by atoms with Crippen molar-refractivity contribution in [3.8, 4) is 0 Å². The van der Waals surface area contributed by atoms with Gasteiger partial charge in [0.05, 0.1) is 0 Å². The number of hydrogen-bond acceptors (Lipinski definition) is 2. The van der Waals surface area contributed by atoms with Crippen LogP contribution in [0.4, 0.5) is 0 Å². The topological polar surface area (TPSA) is 12.0 Å². The second-order valence-corrected chi connectivity index (χ2v) is 4.66. The minimum Gasteiger partial charge on any atom is -0.316 e. The highest BCUT2D eigenvalue weighted by atomic mass is 32.1. The fourth-order valence-corrected chi connectivity index (χ4v) is 2.69. The first kappa shape index (κ1) is 9.22. The molecule has 0 radical (unpaired) electrons. The van der Waals surface area contributed by atoms with Crippen LogP contribution in [-0.2, 0) is 6.42 Å². The summed E-state index contributed by atoms with van der Waals surface area (Å²) in [7, 11) is 0. The summed E-state index contributed by atoms with van der Waals surface area (Å²) >= 11 is 1.81. The molecule has 2 heteroatoms. The van der Waals surface area contributed by atoms with Gasteiger partial charge in [-0.25, -0.2) is 0 Å². The Morgan fingerprint density at radius 1 is 1.54 bits per heavy atom. The van der Waals surface area contributed by atoms with Crippen LogP contribution in [-0.4, -0.2) is 13.1 Å². The summed E-state index contributed by atoms with van der Waals surface area (Å²) in [5.74, 6) is 0.957. The molecular weight excluding hydrogens is 178 g/mol. The van der Waals surface area contributed by atoms with Gasteiger partial charge in [-0.2, -0.15) is 11.3 Å². The summed E-state index contributed by atoms with van der Waals surface area (Å²) < 4.78 is 0. The van der Waals surface area contributed by atoms with Gasteiger partial charge in [0.1, 0.15) is 0 Å². The van der Waals surface area contributed by atoms with Gasteiger partial charge in [-0.15, -0.1) is 0 Å². The van der Waals surface area contributed by atoms with E-state index < -0.39 is 0 Å². The molecule has 0 aromatic carbocycles. The van der Waals surface area contributed by atoms with Gasteiger partial charge in [-0.3, -0.25) is 0 Å². The van der Waals surface area contributed by atoms with E-state index in [1.807, 2.05) is 11.3 Å². The Bertz CT molecular complexity index is 224. The summed E-state index contributed by atoms with van der Waals surface area (Å²) in [6.45, 7) is 2.49. The van der Waals surface area contributed by atoms with Crippen molar-refractivity contribution in [3.63, 3.8) is 0 Å². The largest absolute Gasteiger partial charge is 0.316 e. The lowest BCUT2D eigenvalue weighted by Gasteiger charge is -2.06. The van der Waals surface area contributed by atoms with Crippen molar-refractivity contribution < 1.29 is 0 Å². The van der Waals surface area contributed by atoms with Crippen molar-refractivity contribution in [1.29, 1.82) is 0 Å². The highest BCUT2D eigenvalue weighted by molar-refractivity contribution is 7.07. The fourth-order valence-electron chi connectivity index (χ4n) is 1.99. The molecule has 1 aromatic heterocycles. The molecule has 0 amide bonds. The molecule has 0 bridgehead atoms. The zero-order chi connectivity index (χ0) is 8.93. The third kappa shape index (κ3) is 2.82. The lowest BCUT2D eigenvalue weighted by atomic mass is 10.00. The van der Waals surface area contributed by atoms with E-state index in [4.69, 9.17) is 0 Å². The molecular formula is C11H17NS. The van der Waals surface area contributed by atoms with Crippen LogP contribution in [0.3, 0.4) is 0 Å². The highest BCUT2D eigenvalue weighted by Crippen LogP contribution is 2.17. The van der Waals surface area contributed by atoms with E-state index in [-0.39, 0.29) is 0 Å². The first-order chi connectivity index (χ1) is 6.45. The van der Waals surface area contributed by atoms with Crippen LogP contribution in [0, 0.1) is 5.92 Å². The average Bonchev–Trinajstić information content (AvgIpc) is 2.75. The Morgan fingerprint density at radius 3 is 3.23 bits per heavy atom. The Labute approximate surface area is 84.2 Å². The fraction of sp³-hybridized carbons (Fsp3) is 0.636. The molecule has 1 aromatic rings. The Morgan fingerprint density at radius 2 is 2.54 bits per heavy atom. The maximum absolute atomic E-state index is 3.42. The van der Waals surface area contributed by atoms with Crippen LogP contribution in [0.5, 0.6) is 0 Å². The highest BCUT2D eigenvalue weighted by Gasteiger charge is 2.13. The molecule has 1 N–H and O–H groups in total.